The zero-order chi connectivity index (χ0) is 21.1. The maximum Gasteiger partial charge on any atom is 0.349 e. The van der Waals surface area contributed by atoms with Crippen LogP contribution < -0.4 is 21.2 Å². The predicted octanol–water partition coefficient (Wildman–Crippen LogP) is 3.80. The minimum absolute atomic E-state index is 0. The highest BCUT2D eigenvalue weighted by Gasteiger charge is 2.26. The summed E-state index contributed by atoms with van der Waals surface area (Å²) in [7, 11) is 0. The molecule has 32 heavy (non-hydrogen) atoms. The van der Waals surface area contributed by atoms with Gasteiger partial charge in [-0.05, 0) is 75.0 Å². The predicted molar refractivity (Wildman–Crippen MR) is 128 cm³/mol. The van der Waals surface area contributed by atoms with E-state index in [9.17, 15) is 14.0 Å². The largest absolute Gasteiger partial charge is 0.427 e. The van der Waals surface area contributed by atoms with Gasteiger partial charge in [-0.1, -0.05) is 0 Å². The molecule has 1 atom stereocenters. The van der Waals surface area contributed by atoms with E-state index in [0.717, 1.165) is 57.5 Å². The number of nitrogens with one attached hydrogen (secondary N) is 2. The molecule has 2 aliphatic rings. The van der Waals surface area contributed by atoms with Crippen LogP contribution in [0.2, 0.25) is 0 Å². The lowest BCUT2D eigenvalue weighted by atomic mass is 9.95. The maximum atomic E-state index is 13.1. The summed E-state index contributed by atoms with van der Waals surface area (Å²) >= 11 is 0. The van der Waals surface area contributed by atoms with E-state index >= 15 is 0 Å². The number of nitrogens with zero attached hydrogens (tertiary/aromatic N) is 1. The molecule has 1 amide bonds. The van der Waals surface area contributed by atoms with Crippen LogP contribution in [0.5, 0.6) is 0 Å². The van der Waals surface area contributed by atoms with Gasteiger partial charge in [-0.15, -0.1) is 24.8 Å². The SMILES string of the molecule is Cc1cc(C2CCCNC2)oc(=O)c1C(=O)NC1CCN(c2ccc(F)cc2)CC1.Cl.Cl. The van der Waals surface area contributed by atoms with E-state index in [1.807, 2.05) is 6.07 Å². The number of hydrogen-bond donors (Lipinski definition) is 2. The topological polar surface area (TPSA) is 74.6 Å². The Hall–Kier alpha value is -2.09. The van der Waals surface area contributed by atoms with Gasteiger partial charge in [0, 0.05) is 37.3 Å². The average molecular weight is 486 g/mol. The molecular formula is C23H30Cl2FN3O3. The van der Waals surface area contributed by atoms with Crippen LogP contribution in [0.4, 0.5) is 10.1 Å². The number of anilines is 1. The average Bonchev–Trinajstić information content (AvgIpc) is 2.75. The summed E-state index contributed by atoms with van der Waals surface area (Å²) in [5, 5.41) is 6.32. The number of carbonyl (C=O) groups excluding carboxylic acids is 1. The molecule has 1 unspecified atom stereocenters. The number of piperidine rings is 2. The van der Waals surface area contributed by atoms with Gasteiger partial charge in [0.15, 0.2) is 0 Å². The van der Waals surface area contributed by atoms with Crippen LogP contribution in [0.15, 0.2) is 39.5 Å². The highest BCUT2D eigenvalue weighted by Crippen LogP contribution is 2.24. The van der Waals surface area contributed by atoms with Crippen LogP contribution >= 0.6 is 24.8 Å². The quantitative estimate of drug-likeness (QED) is 0.688. The third-order valence-corrected chi connectivity index (χ3v) is 6.12. The number of amides is 1. The molecule has 2 aromatic rings. The first-order chi connectivity index (χ1) is 14.5. The van der Waals surface area contributed by atoms with Crippen molar-refractivity contribution in [2.24, 2.45) is 0 Å². The van der Waals surface area contributed by atoms with Crippen molar-refractivity contribution in [3.63, 3.8) is 0 Å². The van der Waals surface area contributed by atoms with Crippen LogP contribution in [0.3, 0.4) is 0 Å². The van der Waals surface area contributed by atoms with Gasteiger partial charge in [0.2, 0.25) is 0 Å². The molecule has 0 saturated carbocycles. The second-order valence-electron chi connectivity index (χ2n) is 8.25. The molecule has 2 fully saturated rings. The monoisotopic (exact) mass is 485 g/mol. The molecule has 0 bridgehead atoms. The summed E-state index contributed by atoms with van der Waals surface area (Å²) in [4.78, 5) is 27.5. The van der Waals surface area contributed by atoms with Gasteiger partial charge < -0.3 is 20.0 Å². The highest BCUT2D eigenvalue weighted by atomic mass is 35.5. The summed E-state index contributed by atoms with van der Waals surface area (Å²) in [6.07, 6.45) is 3.55. The van der Waals surface area contributed by atoms with Crippen LogP contribution in [0.25, 0.3) is 0 Å². The Bertz CT molecular complexity index is 954. The number of carbonyl (C=O) groups is 1. The molecule has 176 valence electrons. The molecule has 1 aromatic heterocycles. The fraction of sp³-hybridized carbons (Fsp3) is 0.478. The fourth-order valence-electron chi connectivity index (χ4n) is 4.39. The number of rotatable bonds is 4. The molecule has 9 heteroatoms. The first-order valence-corrected chi connectivity index (χ1v) is 10.7. The van der Waals surface area contributed by atoms with Gasteiger partial charge in [-0.2, -0.15) is 0 Å². The summed E-state index contributed by atoms with van der Waals surface area (Å²) in [5.41, 5.74) is 1.18. The van der Waals surface area contributed by atoms with Crippen LogP contribution in [-0.2, 0) is 0 Å². The van der Waals surface area contributed by atoms with Gasteiger partial charge in [-0.25, -0.2) is 9.18 Å². The van der Waals surface area contributed by atoms with E-state index < -0.39 is 5.63 Å². The third kappa shape index (κ3) is 6.03. The second-order valence-corrected chi connectivity index (χ2v) is 8.25. The van der Waals surface area contributed by atoms with E-state index in [0.29, 0.717) is 11.3 Å². The molecule has 3 heterocycles. The van der Waals surface area contributed by atoms with E-state index in [1.54, 1.807) is 19.1 Å². The molecule has 2 N–H and O–H groups in total. The first kappa shape index (κ1) is 26.2. The summed E-state index contributed by atoms with van der Waals surface area (Å²) < 4.78 is 18.6. The van der Waals surface area contributed by atoms with Gasteiger partial charge in [0.05, 0.1) is 0 Å². The molecule has 2 saturated heterocycles. The van der Waals surface area contributed by atoms with Crippen molar-refractivity contribution < 1.29 is 13.6 Å². The lowest BCUT2D eigenvalue weighted by Crippen LogP contribution is -2.45. The maximum absolute atomic E-state index is 13.1. The number of benzene rings is 1. The van der Waals surface area contributed by atoms with Crippen molar-refractivity contribution in [1.29, 1.82) is 0 Å². The third-order valence-electron chi connectivity index (χ3n) is 6.12. The standard InChI is InChI=1S/C23H28FN3O3.2ClH/c1-15-13-20(16-3-2-10-25-14-16)30-23(29)21(15)22(28)26-18-8-11-27(12-9-18)19-6-4-17(24)5-7-19;;/h4-7,13,16,18,25H,2-3,8-12,14H2,1H3,(H,26,28);2*1H. The minimum atomic E-state index is -0.558. The van der Waals surface area contributed by atoms with E-state index in [2.05, 4.69) is 15.5 Å². The zero-order valence-electron chi connectivity index (χ0n) is 18.1. The zero-order valence-corrected chi connectivity index (χ0v) is 19.7. The Morgan fingerprint density at radius 3 is 2.44 bits per heavy atom. The van der Waals surface area contributed by atoms with Crippen molar-refractivity contribution in [2.45, 2.75) is 44.6 Å². The van der Waals surface area contributed by atoms with Crippen molar-refractivity contribution >= 4 is 36.4 Å². The lowest BCUT2D eigenvalue weighted by Gasteiger charge is -2.34. The molecule has 2 aliphatic heterocycles. The van der Waals surface area contributed by atoms with Gasteiger partial charge in [-0.3, -0.25) is 4.79 Å². The number of aryl methyl sites for hydroxylation is 1. The molecular weight excluding hydrogens is 456 g/mol. The van der Waals surface area contributed by atoms with Gasteiger partial charge in [0.25, 0.3) is 5.91 Å². The molecule has 0 aliphatic carbocycles. The smallest absolute Gasteiger partial charge is 0.349 e. The van der Waals surface area contributed by atoms with Crippen LogP contribution in [0.1, 0.15) is 53.3 Å². The normalized spacial score (nSPS) is 18.9. The Balaban J connectivity index is 0.00000181. The minimum Gasteiger partial charge on any atom is -0.427 e. The number of hydrogen-bond acceptors (Lipinski definition) is 5. The van der Waals surface area contributed by atoms with E-state index in [-0.39, 0.29) is 54.1 Å². The Kier molecular flexibility index (Phi) is 9.55. The summed E-state index contributed by atoms with van der Waals surface area (Å²) in [6, 6.07) is 8.29. The van der Waals surface area contributed by atoms with Gasteiger partial charge >= 0.3 is 5.63 Å². The van der Waals surface area contributed by atoms with E-state index in [4.69, 9.17) is 4.42 Å². The van der Waals surface area contributed by atoms with Crippen molar-refractivity contribution in [3.8, 4) is 0 Å². The van der Waals surface area contributed by atoms with Crippen LogP contribution in [-0.4, -0.2) is 38.1 Å². The molecule has 0 spiro atoms. The van der Waals surface area contributed by atoms with Crippen molar-refractivity contribution in [2.75, 3.05) is 31.1 Å². The highest BCUT2D eigenvalue weighted by molar-refractivity contribution is 5.95. The Morgan fingerprint density at radius 2 is 1.84 bits per heavy atom. The number of halogens is 3. The molecule has 1 aromatic carbocycles. The lowest BCUT2D eigenvalue weighted by molar-refractivity contribution is 0.0925. The summed E-state index contributed by atoms with van der Waals surface area (Å²) in [6.45, 7) is 5.10. The molecule has 0 radical (unpaired) electrons. The molecule has 4 rings (SSSR count). The molecule has 6 nitrogen and oxygen atoms in total. The van der Waals surface area contributed by atoms with Crippen molar-refractivity contribution in [3.05, 3.63) is 63.5 Å². The fourth-order valence-corrected chi connectivity index (χ4v) is 4.39. The van der Waals surface area contributed by atoms with Gasteiger partial charge in [0.1, 0.15) is 17.1 Å². The second kappa shape index (κ2) is 11.7. The van der Waals surface area contributed by atoms with Crippen molar-refractivity contribution in [1.82, 2.24) is 10.6 Å². The Labute approximate surface area is 199 Å². The van der Waals surface area contributed by atoms with Crippen LogP contribution in [0, 0.1) is 12.7 Å². The van der Waals surface area contributed by atoms with E-state index in [1.165, 1.54) is 12.1 Å². The first-order valence-electron chi connectivity index (χ1n) is 10.7. The summed E-state index contributed by atoms with van der Waals surface area (Å²) in [5.74, 6) is 0.225. The Morgan fingerprint density at radius 1 is 1.16 bits per heavy atom.